The lowest BCUT2D eigenvalue weighted by atomic mass is 10.2. The van der Waals surface area contributed by atoms with E-state index in [-0.39, 0.29) is 0 Å². The Balaban J connectivity index is 2.49. The maximum Gasteiger partial charge on any atom is 0.124 e. The predicted molar refractivity (Wildman–Crippen MR) is 70.2 cm³/mol. The van der Waals surface area contributed by atoms with Crippen LogP contribution in [0.2, 0.25) is 0 Å². The Morgan fingerprint density at radius 3 is 2.18 bits per heavy atom. The Labute approximate surface area is 105 Å². The van der Waals surface area contributed by atoms with E-state index in [1.54, 1.807) is 18.3 Å². The standard InChI is InChI=1S/C13H16N2OS/c1-7-5-11(6-8(2)14-7)13-15-9(3)12(17-13)10(4)16/h5-6,10,16H,1-4H3. The molecule has 0 radical (unpaired) electrons. The van der Waals surface area contributed by atoms with Crippen molar-refractivity contribution in [2.45, 2.75) is 33.8 Å². The highest BCUT2D eigenvalue weighted by Crippen LogP contribution is 2.31. The van der Waals surface area contributed by atoms with Gasteiger partial charge in [0.15, 0.2) is 0 Å². The minimum atomic E-state index is -0.453. The van der Waals surface area contributed by atoms with Crippen LogP contribution >= 0.6 is 11.3 Å². The first kappa shape index (κ1) is 12.2. The molecular formula is C13H16N2OS. The van der Waals surface area contributed by atoms with Gasteiger partial charge in [-0.05, 0) is 39.8 Å². The fraction of sp³-hybridized carbons (Fsp3) is 0.385. The van der Waals surface area contributed by atoms with Crippen LogP contribution in [-0.2, 0) is 0 Å². The van der Waals surface area contributed by atoms with Crippen LogP contribution in [0.3, 0.4) is 0 Å². The van der Waals surface area contributed by atoms with Crippen molar-refractivity contribution in [1.82, 2.24) is 9.97 Å². The fourth-order valence-electron chi connectivity index (χ4n) is 1.88. The lowest BCUT2D eigenvalue weighted by Gasteiger charge is -2.01. The molecule has 2 rings (SSSR count). The van der Waals surface area contributed by atoms with Gasteiger partial charge in [0, 0.05) is 17.0 Å². The van der Waals surface area contributed by atoms with Crippen LogP contribution in [0.25, 0.3) is 10.6 Å². The number of aromatic nitrogens is 2. The van der Waals surface area contributed by atoms with Crippen LogP contribution < -0.4 is 0 Å². The third kappa shape index (κ3) is 2.53. The Kier molecular flexibility index (Phi) is 3.26. The fourth-order valence-corrected chi connectivity index (χ4v) is 2.87. The molecule has 1 N–H and O–H groups in total. The van der Waals surface area contributed by atoms with E-state index in [0.717, 1.165) is 32.5 Å². The number of aliphatic hydroxyl groups excluding tert-OH is 1. The van der Waals surface area contributed by atoms with Gasteiger partial charge in [0.05, 0.1) is 16.7 Å². The highest BCUT2D eigenvalue weighted by molar-refractivity contribution is 7.15. The number of hydrogen-bond donors (Lipinski definition) is 1. The first-order chi connectivity index (χ1) is 7.97. The van der Waals surface area contributed by atoms with E-state index in [9.17, 15) is 5.11 Å². The van der Waals surface area contributed by atoms with Gasteiger partial charge in [-0.15, -0.1) is 11.3 Å². The van der Waals surface area contributed by atoms with Gasteiger partial charge < -0.3 is 5.11 Å². The summed E-state index contributed by atoms with van der Waals surface area (Å²) in [5, 5.41) is 10.6. The zero-order valence-electron chi connectivity index (χ0n) is 10.5. The number of pyridine rings is 1. The van der Waals surface area contributed by atoms with E-state index >= 15 is 0 Å². The Morgan fingerprint density at radius 2 is 1.71 bits per heavy atom. The maximum atomic E-state index is 9.63. The topological polar surface area (TPSA) is 46.0 Å². The van der Waals surface area contributed by atoms with E-state index in [4.69, 9.17) is 0 Å². The quantitative estimate of drug-likeness (QED) is 0.887. The molecule has 2 heterocycles. The van der Waals surface area contributed by atoms with Crippen LogP contribution in [0.15, 0.2) is 12.1 Å². The van der Waals surface area contributed by atoms with Crippen LogP contribution in [0.1, 0.15) is 35.0 Å². The molecule has 17 heavy (non-hydrogen) atoms. The van der Waals surface area contributed by atoms with Crippen molar-refractivity contribution in [3.63, 3.8) is 0 Å². The van der Waals surface area contributed by atoms with Gasteiger partial charge in [-0.2, -0.15) is 0 Å². The average Bonchev–Trinajstić information content (AvgIpc) is 2.59. The number of nitrogens with zero attached hydrogens (tertiary/aromatic N) is 2. The summed E-state index contributed by atoms with van der Waals surface area (Å²) in [5.74, 6) is 0. The molecule has 0 bridgehead atoms. The van der Waals surface area contributed by atoms with E-state index in [0.29, 0.717) is 0 Å². The first-order valence-corrected chi connectivity index (χ1v) is 6.40. The molecule has 2 aromatic heterocycles. The number of hydrogen-bond acceptors (Lipinski definition) is 4. The molecule has 3 nitrogen and oxygen atoms in total. The van der Waals surface area contributed by atoms with Gasteiger partial charge in [0.2, 0.25) is 0 Å². The van der Waals surface area contributed by atoms with Crippen LogP contribution in [0, 0.1) is 20.8 Å². The minimum absolute atomic E-state index is 0.453. The third-order valence-corrected chi connectivity index (χ3v) is 3.92. The molecule has 0 saturated heterocycles. The Bertz CT molecular complexity index is 526. The van der Waals surface area contributed by atoms with E-state index in [1.807, 2.05) is 32.9 Å². The van der Waals surface area contributed by atoms with Crippen LogP contribution in [0.5, 0.6) is 0 Å². The second-order valence-electron chi connectivity index (χ2n) is 4.28. The van der Waals surface area contributed by atoms with Gasteiger partial charge in [0.25, 0.3) is 0 Å². The van der Waals surface area contributed by atoms with E-state index < -0.39 is 6.10 Å². The predicted octanol–water partition coefficient (Wildman–Crippen LogP) is 3.18. The second-order valence-corrected chi connectivity index (χ2v) is 5.31. The maximum absolute atomic E-state index is 9.63. The highest BCUT2D eigenvalue weighted by Gasteiger charge is 2.13. The number of thiazole rings is 1. The molecule has 2 aromatic rings. The third-order valence-electron chi connectivity index (χ3n) is 2.54. The second kappa shape index (κ2) is 4.55. The molecule has 0 aliphatic rings. The molecule has 0 amide bonds. The van der Waals surface area contributed by atoms with Crippen molar-refractivity contribution in [1.29, 1.82) is 0 Å². The minimum Gasteiger partial charge on any atom is -0.388 e. The van der Waals surface area contributed by atoms with Gasteiger partial charge >= 0.3 is 0 Å². The largest absolute Gasteiger partial charge is 0.388 e. The molecule has 4 heteroatoms. The van der Waals surface area contributed by atoms with E-state index in [1.165, 1.54) is 0 Å². The Hall–Kier alpha value is -1.26. The van der Waals surface area contributed by atoms with Gasteiger partial charge in [0.1, 0.15) is 5.01 Å². The lowest BCUT2D eigenvalue weighted by Crippen LogP contribution is -1.89. The normalized spacial score (nSPS) is 12.8. The number of aryl methyl sites for hydroxylation is 3. The summed E-state index contributed by atoms with van der Waals surface area (Å²) in [4.78, 5) is 9.80. The number of aliphatic hydroxyl groups is 1. The smallest absolute Gasteiger partial charge is 0.124 e. The zero-order valence-corrected chi connectivity index (χ0v) is 11.3. The number of rotatable bonds is 2. The molecule has 0 spiro atoms. The summed E-state index contributed by atoms with van der Waals surface area (Å²) >= 11 is 1.55. The van der Waals surface area contributed by atoms with Gasteiger partial charge in [-0.25, -0.2) is 4.98 Å². The molecular weight excluding hydrogens is 232 g/mol. The van der Waals surface area contributed by atoms with Crippen molar-refractivity contribution in [2.24, 2.45) is 0 Å². The first-order valence-electron chi connectivity index (χ1n) is 5.58. The van der Waals surface area contributed by atoms with Gasteiger partial charge in [-0.3, -0.25) is 4.98 Å². The van der Waals surface area contributed by atoms with E-state index in [2.05, 4.69) is 9.97 Å². The molecule has 1 atom stereocenters. The van der Waals surface area contributed by atoms with Crippen molar-refractivity contribution in [2.75, 3.05) is 0 Å². The summed E-state index contributed by atoms with van der Waals surface area (Å²) in [6.07, 6.45) is -0.453. The SMILES string of the molecule is Cc1cc(-c2nc(C)c(C(C)O)s2)cc(C)n1. The van der Waals surface area contributed by atoms with Crippen LogP contribution in [0.4, 0.5) is 0 Å². The Morgan fingerprint density at radius 1 is 1.12 bits per heavy atom. The molecule has 0 aromatic carbocycles. The molecule has 1 unspecified atom stereocenters. The summed E-state index contributed by atoms with van der Waals surface area (Å²) in [6.45, 7) is 7.66. The summed E-state index contributed by atoms with van der Waals surface area (Å²) in [5.41, 5.74) is 3.97. The summed E-state index contributed by atoms with van der Waals surface area (Å²) in [7, 11) is 0. The lowest BCUT2D eigenvalue weighted by molar-refractivity contribution is 0.202. The molecule has 0 fully saturated rings. The zero-order chi connectivity index (χ0) is 12.6. The van der Waals surface area contributed by atoms with Crippen molar-refractivity contribution >= 4 is 11.3 Å². The van der Waals surface area contributed by atoms with Crippen molar-refractivity contribution in [3.8, 4) is 10.6 Å². The molecule has 0 aliphatic carbocycles. The van der Waals surface area contributed by atoms with Gasteiger partial charge in [-0.1, -0.05) is 0 Å². The summed E-state index contributed by atoms with van der Waals surface area (Å²) in [6, 6.07) is 4.05. The van der Waals surface area contributed by atoms with Crippen molar-refractivity contribution < 1.29 is 5.11 Å². The van der Waals surface area contributed by atoms with Crippen LogP contribution in [-0.4, -0.2) is 15.1 Å². The molecule has 0 aliphatic heterocycles. The monoisotopic (exact) mass is 248 g/mol. The summed E-state index contributed by atoms with van der Waals surface area (Å²) < 4.78 is 0. The molecule has 0 saturated carbocycles. The van der Waals surface area contributed by atoms with Crippen molar-refractivity contribution in [3.05, 3.63) is 34.1 Å². The molecule has 90 valence electrons. The highest BCUT2D eigenvalue weighted by atomic mass is 32.1. The average molecular weight is 248 g/mol.